The predicted molar refractivity (Wildman–Crippen MR) is 70.0 cm³/mol. The molecule has 1 N–H and O–H groups in total. The maximum absolute atomic E-state index is 9.46. The van der Waals surface area contributed by atoms with E-state index in [-0.39, 0.29) is 5.75 Å². The molecule has 2 heterocycles. The zero-order chi connectivity index (χ0) is 11.8. The predicted octanol–water partition coefficient (Wildman–Crippen LogP) is 3.47. The second kappa shape index (κ2) is 3.89. The normalized spacial score (nSPS) is 10.9. The minimum atomic E-state index is 0.249. The average molecular weight is 289 g/mol. The van der Waals surface area contributed by atoms with Gasteiger partial charge in [-0.15, -0.1) is 0 Å². The lowest BCUT2D eigenvalue weighted by atomic mass is 10.2. The summed E-state index contributed by atoms with van der Waals surface area (Å²) < 4.78 is 2.90. The third kappa shape index (κ3) is 1.80. The smallest absolute Gasteiger partial charge is 0.151 e. The van der Waals surface area contributed by atoms with Gasteiger partial charge in [-0.3, -0.25) is 0 Å². The molecule has 17 heavy (non-hydrogen) atoms. The summed E-state index contributed by atoms with van der Waals surface area (Å²) in [5, 5.41) is 9.46. The van der Waals surface area contributed by atoms with Gasteiger partial charge in [-0.1, -0.05) is 12.1 Å². The van der Waals surface area contributed by atoms with E-state index in [2.05, 4.69) is 20.9 Å². The molecule has 0 bridgehead atoms. The van der Waals surface area contributed by atoms with Gasteiger partial charge in [0.2, 0.25) is 0 Å². The molecular weight excluding hydrogens is 280 g/mol. The maximum atomic E-state index is 9.46. The second-order valence-electron chi connectivity index (χ2n) is 3.76. The number of nitrogens with zero attached hydrogens (tertiary/aromatic N) is 2. The standard InChI is InChI=1S/C13H9BrN2O/c14-11-5-2-6-16-8-12(15-13(11)16)9-3-1-4-10(17)7-9/h1-8,17H. The van der Waals surface area contributed by atoms with Crippen molar-refractivity contribution in [2.45, 2.75) is 0 Å². The van der Waals surface area contributed by atoms with Crippen LogP contribution in [0.1, 0.15) is 0 Å². The van der Waals surface area contributed by atoms with Crippen molar-refractivity contribution in [2.75, 3.05) is 0 Å². The maximum Gasteiger partial charge on any atom is 0.151 e. The summed E-state index contributed by atoms with van der Waals surface area (Å²) in [4.78, 5) is 4.53. The van der Waals surface area contributed by atoms with Gasteiger partial charge in [-0.25, -0.2) is 4.98 Å². The topological polar surface area (TPSA) is 37.5 Å². The van der Waals surface area contributed by atoms with Crippen molar-refractivity contribution in [3.05, 3.63) is 53.3 Å². The van der Waals surface area contributed by atoms with Crippen molar-refractivity contribution in [1.29, 1.82) is 0 Å². The van der Waals surface area contributed by atoms with E-state index in [0.717, 1.165) is 21.4 Å². The number of phenols is 1. The fourth-order valence-corrected chi connectivity index (χ4v) is 2.23. The number of aromatic nitrogens is 2. The van der Waals surface area contributed by atoms with Crippen molar-refractivity contribution in [2.24, 2.45) is 0 Å². The minimum absolute atomic E-state index is 0.249. The molecule has 0 atom stereocenters. The molecule has 84 valence electrons. The van der Waals surface area contributed by atoms with Gasteiger partial charge in [0.1, 0.15) is 5.75 Å². The summed E-state index contributed by atoms with van der Waals surface area (Å²) in [5.41, 5.74) is 2.61. The first-order valence-corrected chi connectivity index (χ1v) is 5.96. The number of hydrogen-bond donors (Lipinski definition) is 1. The third-order valence-electron chi connectivity index (χ3n) is 2.58. The number of imidazole rings is 1. The number of hydrogen-bond acceptors (Lipinski definition) is 2. The third-order valence-corrected chi connectivity index (χ3v) is 3.20. The van der Waals surface area contributed by atoms with Gasteiger partial charge in [0.15, 0.2) is 5.65 Å². The number of phenolic OH excluding ortho intramolecular Hbond substituents is 1. The van der Waals surface area contributed by atoms with E-state index in [1.807, 2.05) is 41.1 Å². The molecule has 3 rings (SSSR count). The number of rotatable bonds is 1. The lowest BCUT2D eigenvalue weighted by Gasteiger charge is -1.96. The summed E-state index contributed by atoms with van der Waals surface area (Å²) in [6, 6.07) is 11.0. The average Bonchev–Trinajstić information content (AvgIpc) is 2.74. The molecule has 4 heteroatoms. The Labute approximate surface area is 106 Å². The molecule has 0 saturated carbocycles. The van der Waals surface area contributed by atoms with Crippen molar-refractivity contribution < 1.29 is 5.11 Å². The zero-order valence-corrected chi connectivity index (χ0v) is 10.4. The molecule has 2 aromatic heterocycles. The SMILES string of the molecule is Oc1cccc(-c2cn3cccc(Br)c3n2)c1. The van der Waals surface area contributed by atoms with Gasteiger partial charge in [0, 0.05) is 18.0 Å². The molecule has 0 amide bonds. The Balaban J connectivity index is 2.22. The molecule has 0 saturated heterocycles. The van der Waals surface area contributed by atoms with Crippen molar-refractivity contribution in [1.82, 2.24) is 9.38 Å². The van der Waals surface area contributed by atoms with Crippen LogP contribution < -0.4 is 0 Å². The molecule has 0 fully saturated rings. The van der Waals surface area contributed by atoms with E-state index in [0.29, 0.717) is 0 Å². The van der Waals surface area contributed by atoms with Crippen molar-refractivity contribution in [3.63, 3.8) is 0 Å². The Morgan fingerprint density at radius 1 is 1.18 bits per heavy atom. The first kappa shape index (κ1) is 10.4. The van der Waals surface area contributed by atoms with E-state index in [9.17, 15) is 5.11 Å². The van der Waals surface area contributed by atoms with Crippen molar-refractivity contribution in [3.8, 4) is 17.0 Å². The quantitative estimate of drug-likeness (QED) is 0.744. The number of halogens is 1. The highest BCUT2D eigenvalue weighted by atomic mass is 79.9. The Morgan fingerprint density at radius 2 is 2.06 bits per heavy atom. The monoisotopic (exact) mass is 288 g/mol. The molecule has 0 aliphatic rings. The van der Waals surface area contributed by atoms with Gasteiger partial charge < -0.3 is 9.51 Å². The highest BCUT2D eigenvalue weighted by Gasteiger charge is 2.06. The molecule has 1 aromatic carbocycles. The van der Waals surface area contributed by atoms with Crippen LogP contribution in [0.2, 0.25) is 0 Å². The largest absolute Gasteiger partial charge is 0.508 e. The molecular formula is C13H9BrN2O. The van der Waals surface area contributed by atoms with Gasteiger partial charge in [0.05, 0.1) is 10.2 Å². The van der Waals surface area contributed by atoms with Gasteiger partial charge in [-0.05, 0) is 40.2 Å². The second-order valence-corrected chi connectivity index (χ2v) is 4.62. The number of fused-ring (bicyclic) bond motifs is 1. The molecule has 0 unspecified atom stereocenters. The molecule has 3 aromatic rings. The fraction of sp³-hybridized carbons (Fsp3) is 0. The number of benzene rings is 1. The van der Waals surface area contributed by atoms with E-state index >= 15 is 0 Å². The number of aromatic hydroxyl groups is 1. The van der Waals surface area contributed by atoms with E-state index in [4.69, 9.17) is 0 Å². The molecule has 0 aliphatic carbocycles. The van der Waals surface area contributed by atoms with Crippen LogP contribution >= 0.6 is 15.9 Å². The Bertz CT molecular complexity index is 691. The fourth-order valence-electron chi connectivity index (χ4n) is 1.78. The van der Waals surface area contributed by atoms with E-state index in [1.54, 1.807) is 12.1 Å². The lowest BCUT2D eigenvalue weighted by Crippen LogP contribution is -1.80. The zero-order valence-electron chi connectivity index (χ0n) is 8.84. The highest BCUT2D eigenvalue weighted by molar-refractivity contribution is 9.10. The summed E-state index contributed by atoms with van der Waals surface area (Å²) in [7, 11) is 0. The molecule has 0 spiro atoms. The van der Waals surface area contributed by atoms with Gasteiger partial charge >= 0.3 is 0 Å². The number of pyridine rings is 1. The van der Waals surface area contributed by atoms with Crippen LogP contribution in [0.25, 0.3) is 16.9 Å². The summed E-state index contributed by atoms with van der Waals surface area (Å²) >= 11 is 3.46. The minimum Gasteiger partial charge on any atom is -0.508 e. The van der Waals surface area contributed by atoms with E-state index < -0.39 is 0 Å². The van der Waals surface area contributed by atoms with Crippen LogP contribution in [-0.4, -0.2) is 14.5 Å². The Hall–Kier alpha value is -1.81. The van der Waals surface area contributed by atoms with Crippen LogP contribution in [0.5, 0.6) is 5.75 Å². The van der Waals surface area contributed by atoms with Crippen molar-refractivity contribution >= 4 is 21.6 Å². The highest BCUT2D eigenvalue weighted by Crippen LogP contribution is 2.25. The summed E-state index contributed by atoms with van der Waals surface area (Å²) in [6.07, 6.45) is 3.88. The Morgan fingerprint density at radius 3 is 2.82 bits per heavy atom. The molecule has 0 aliphatic heterocycles. The van der Waals surface area contributed by atoms with E-state index in [1.165, 1.54) is 0 Å². The first-order valence-electron chi connectivity index (χ1n) is 5.17. The summed E-state index contributed by atoms with van der Waals surface area (Å²) in [6.45, 7) is 0. The van der Waals surface area contributed by atoms with Crippen LogP contribution in [-0.2, 0) is 0 Å². The molecule has 3 nitrogen and oxygen atoms in total. The van der Waals surface area contributed by atoms with Crippen LogP contribution in [0.3, 0.4) is 0 Å². The van der Waals surface area contributed by atoms with Gasteiger partial charge in [-0.2, -0.15) is 0 Å². The van der Waals surface area contributed by atoms with Crippen LogP contribution in [0.4, 0.5) is 0 Å². The summed E-state index contributed by atoms with van der Waals surface area (Å²) in [5.74, 6) is 0.249. The van der Waals surface area contributed by atoms with Gasteiger partial charge in [0.25, 0.3) is 0 Å². The van der Waals surface area contributed by atoms with Crippen LogP contribution in [0.15, 0.2) is 53.3 Å². The first-order chi connectivity index (χ1) is 8.24. The molecule has 0 radical (unpaired) electrons. The Kier molecular flexibility index (Phi) is 2.37. The lowest BCUT2D eigenvalue weighted by molar-refractivity contribution is 0.475. The van der Waals surface area contributed by atoms with Crippen LogP contribution in [0, 0.1) is 0 Å².